The molecule has 122 valence electrons. The average Bonchev–Trinajstić information content (AvgIpc) is 2.51. The smallest absolute Gasteiger partial charge is 0.387 e. The fourth-order valence-corrected chi connectivity index (χ4v) is 3.19. The molecule has 0 fully saturated rings. The molecule has 0 saturated carbocycles. The van der Waals surface area contributed by atoms with Crippen molar-refractivity contribution in [1.82, 2.24) is 4.98 Å². The second-order valence-corrected chi connectivity index (χ2v) is 5.74. The summed E-state index contributed by atoms with van der Waals surface area (Å²) in [6.07, 6.45) is -2.94. The van der Waals surface area contributed by atoms with Crippen molar-refractivity contribution in [3.8, 4) is 0 Å². The highest BCUT2D eigenvalue weighted by atomic mass is 19.4. The molecule has 2 nitrogen and oxygen atoms in total. The lowest BCUT2D eigenvalue weighted by atomic mass is 9.80. The first-order chi connectivity index (χ1) is 10.9. The molecular formula is C17H15F4NO. The van der Waals surface area contributed by atoms with E-state index in [2.05, 4.69) is 4.98 Å². The number of fused-ring (bicyclic) bond motifs is 1. The minimum absolute atomic E-state index is 0.0626. The van der Waals surface area contributed by atoms with E-state index in [0.717, 1.165) is 18.2 Å². The van der Waals surface area contributed by atoms with Crippen LogP contribution in [0.5, 0.6) is 0 Å². The Morgan fingerprint density at radius 1 is 1.13 bits per heavy atom. The molecule has 1 aromatic carbocycles. The Labute approximate surface area is 130 Å². The molecule has 2 aromatic rings. The molecule has 3 rings (SSSR count). The second kappa shape index (κ2) is 5.92. The number of halogens is 4. The van der Waals surface area contributed by atoms with Crippen molar-refractivity contribution in [3.63, 3.8) is 0 Å². The Morgan fingerprint density at radius 2 is 1.91 bits per heavy atom. The normalized spacial score (nSPS) is 21.1. The summed E-state index contributed by atoms with van der Waals surface area (Å²) in [5, 5.41) is 9.97. The second-order valence-electron chi connectivity index (χ2n) is 5.74. The van der Waals surface area contributed by atoms with Crippen molar-refractivity contribution >= 4 is 0 Å². The third kappa shape index (κ3) is 3.08. The van der Waals surface area contributed by atoms with Gasteiger partial charge in [-0.25, -0.2) is 4.39 Å². The van der Waals surface area contributed by atoms with Gasteiger partial charge in [-0.1, -0.05) is 12.1 Å². The standard InChI is InChI=1S/C17H15F4NO/c18-14-5-1-4-13(17(19,20)21)12(14)9-10-6-7-15(23)16-11(10)3-2-8-22-16/h1-5,8,10,15,23H,6-7,9H2/t10-,15-/m0/s1. The fourth-order valence-electron chi connectivity index (χ4n) is 3.19. The van der Waals surface area contributed by atoms with Gasteiger partial charge in [0, 0.05) is 11.8 Å². The predicted molar refractivity (Wildman–Crippen MR) is 76.3 cm³/mol. The molecule has 0 saturated heterocycles. The molecule has 0 bridgehead atoms. The zero-order valence-corrected chi connectivity index (χ0v) is 12.1. The van der Waals surface area contributed by atoms with E-state index in [1.54, 1.807) is 12.1 Å². The quantitative estimate of drug-likeness (QED) is 0.831. The van der Waals surface area contributed by atoms with Gasteiger partial charge >= 0.3 is 6.18 Å². The fraction of sp³-hybridized carbons (Fsp3) is 0.353. The van der Waals surface area contributed by atoms with Gasteiger partial charge in [-0.3, -0.25) is 4.98 Å². The van der Waals surface area contributed by atoms with Crippen LogP contribution < -0.4 is 0 Å². The Hall–Kier alpha value is -1.95. The van der Waals surface area contributed by atoms with Crippen LogP contribution in [-0.2, 0) is 12.6 Å². The number of nitrogens with zero attached hydrogens (tertiary/aromatic N) is 1. The lowest BCUT2D eigenvalue weighted by Gasteiger charge is -2.28. The lowest BCUT2D eigenvalue weighted by Crippen LogP contribution is -2.19. The zero-order valence-electron chi connectivity index (χ0n) is 12.1. The van der Waals surface area contributed by atoms with Gasteiger partial charge in [-0.15, -0.1) is 0 Å². The van der Waals surface area contributed by atoms with Crippen molar-refractivity contribution in [2.24, 2.45) is 0 Å². The molecule has 1 aromatic heterocycles. The van der Waals surface area contributed by atoms with Crippen LogP contribution in [-0.4, -0.2) is 10.1 Å². The number of pyridine rings is 1. The Morgan fingerprint density at radius 3 is 2.65 bits per heavy atom. The summed E-state index contributed by atoms with van der Waals surface area (Å²) in [6.45, 7) is 0. The molecule has 0 spiro atoms. The molecule has 1 heterocycles. The average molecular weight is 325 g/mol. The molecule has 0 unspecified atom stereocenters. The van der Waals surface area contributed by atoms with E-state index in [9.17, 15) is 22.7 Å². The molecular weight excluding hydrogens is 310 g/mol. The van der Waals surface area contributed by atoms with Crippen LogP contribution in [0.2, 0.25) is 0 Å². The molecule has 6 heteroatoms. The van der Waals surface area contributed by atoms with E-state index in [4.69, 9.17) is 0 Å². The summed E-state index contributed by atoms with van der Waals surface area (Å²) in [6, 6.07) is 6.44. The van der Waals surface area contributed by atoms with Crippen LogP contribution in [0.4, 0.5) is 17.6 Å². The van der Waals surface area contributed by atoms with E-state index in [1.165, 1.54) is 6.20 Å². The van der Waals surface area contributed by atoms with Crippen LogP contribution in [0, 0.1) is 5.82 Å². The summed E-state index contributed by atoms with van der Waals surface area (Å²) in [4.78, 5) is 4.12. The van der Waals surface area contributed by atoms with Gasteiger partial charge in [0.1, 0.15) is 5.82 Å². The van der Waals surface area contributed by atoms with Crippen molar-refractivity contribution in [3.05, 3.63) is 64.7 Å². The molecule has 0 amide bonds. The van der Waals surface area contributed by atoms with Crippen molar-refractivity contribution in [1.29, 1.82) is 0 Å². The zero-order chi connectivity index (χ0) is 16.6. The van der Waals surface area contributed by atoms with Crippen LogP contribution >= 0.6 is 0 Å². The van der Waals surface area contributed by atoms with Gasteiger partial charge < -0.3 is 5.11 Å². The summed E-state index contributed by atoms with van der Waals surface area (Å²) in [5.74, 6) is -1.14. The molecule has 0 aliphatic heterocycles. The minimum atomic E-state index is -4.59. The SMILES string of the molecule is O[C@H]1CC[C@@H](Cc2c(F)cccc2C(F)(F)F)c2cccnc21. The van der Waals surface area contributed by atoms with Crippen molar-refractivity contribution in [2.75, 3.05) is 0 Å². The van der Waals surface area contributed by atoms with Gasteiger partial charge in [0.05, 0.1) is 17.4 Å². The first-order valence-electron chi connectivity index (χ1n) is 7.35. The van der Waals surface area contributed by atoms with Crippen LogP contribution in [0.1, 0.15) is 47.2 Å². The highest BCUT2D eigenvalue weighted by Crippen LogP contribution is 2.41. The first kappa shape index (κ1) is 15.9. The van der Waals surface area contributed by atoms with Gasteiger partial charge in [0.15, 0.2) is 0 Å². The molecule has 1 aliphatic carbocycles. The third-order valence-electron chi connectivity index (χ3n) is 4.29. The van der Waals surface area contributed by atoms with Crippen molar-refractivity contribution < 1.29 is 22.7 Å². The first-order valence-corrected chi connectivity index (χ1v) is 7.35. The number of benzene rings is 1. The molecule has 23 heavy (non-hydrogen) atoms. The van der Waals surface area contributed by atoms with E-state index >= 15 is 0 Å². The van der Waals surface area contributed by atoms with Crippen LogP contribution in [0.3, 0.4) is 0 Å². The number of rotatable bonds is 2. The topological polar surface area (TPSA) is 33.1 Å². The number of hydrogen-bond acceptors (Lipinski definition) is 2. The number of alkyl halides is 3. The van der Waals surface area contributed by atoms with Crippen LogP contribution in [0.25, 0.3) is 0 Å². The molecule has 2 atom stereocenters. The monoisotopic (exact) mass is 325 g/mol. The van der Waals surface area contributed by atoms with Crippen molar-refractivity contribution in [2.45, 2.75) is 37.5 Å². The van der Waals surface area contributed by atoms with E-state index in [-0.39, 0.29) is 17.9 Å². The predicted octanol–water partition coefficient (Wildman–Crippen LogP) is 4.39. The van der Waals surface area contributed by atoms with E-state index in [0.29, 0.717) is 24.1 Å². The largest absolute Gasteiger partial charge is 0.416 e. The summed E-state index contributed by atoms with van der Waals surface area (Å²) in [5.41, 5.74) is -0.0819. The molecule has 1 N–H and O–H groups in total. The van der Waals surface area contributed by atoms with Gasteiger partial charge in [-0.05, 0) is 48.9 Å². The number of aliphatic hydroxyl groups excluding tert-OH is 1. The maximum absolute atomic E-state index is 14.0. The minimum Gasteiger partial charge on any atom is -0.387 e. The maximum atomic E-state index is 14.0. The number of aromatic nitrogens is 1. The summed E-state index contributed by atoms with van der Waals surface area (Å²) in [7, 11) is 0. The Bertz CT molecular complexity index is 714. The van der Waals surface area contributed by atoms with E-state index < -0.39 is 23.7 Å². The van der Waals surface area contributed by atoms with Crippen LogP contribution in [0.15, 0.2) is 36.5 Å². The maximum Gasteiger partial charge on any atom is 0.416 e. The Kier molecular flexibility index (Phi) is 4.10. The Balaban J connectivity index is 2.00. The number of aliphatic hydroxyl groups is 1. The lowest BCUT2D eigenvalue weighted by molar-refractivity contribution is -0.138. The molecule has 1 aliphatic rings. The summed E-state index contributed by atoms with van der Waals surface area (Å²) < 4.78 is 53.4. The van der Waals surface area contributed by atoms with E-state index in [1.807, 2.05) is 0 Å². The van der Waals surface area contributed by atoms with Gasteiger partial charge in [0.25, 0.3) is 0 Å². The molecule has 0 radical (unpaired) electrons. The highest BCUT2D eigenvalue weighted by molar-refractivity contribution is 5.36. The summed E-state index contributed by atoms with van der Waals surface area (Å²) >= 11 is 0. The third-order valence-corrected chi connectivity index (χ3v) is 4.29. The number of hydrogen-bond donors (Lipinski definition) is 1. The highest BCUT2D eigenvalue weighted by Gasteiger charge is 2.36. The van der Waals surface area contributed by atoms with Gasteiger partial charge in [0.2, 0.25) is 0 Å². The van der Waals surface area contributed by atoms with Gasteiger partial charge in [-0.2, -0.15) is 13.2 Å².